The fraction of sp³-hybridized carbons (Fsp3) is 0.333. The van der Waals surface area contributed by atoms with Gasteiger partial charge in [-0.15, -0.1) is 0 Å². The topological polar surface area (TPSA) is 31.2 Å². The van der Waals surface area contributed by atoms with Crippen LogP contribution in [-0.2, 0) is 9.53 Å². The zero-order chi connectivity index (χ0) is 10.4. The van der Waals surface area contributed by atoms with Gasteiger partial charge in [-0.25, -0.2) is 0 Å². The van der Waals surface area contributed by atoms with Gasteiger partial charge >= 0.3 is 5.97 Å². The van der Waals surface area contributed by atoms with E-state index >= 15 is 0 Å². The standard InChI is InChI=1S/C9H11NO2S2/c1-12-8(11)4-7-14-9(13)10-5-2-3-6-10/h2-3,5-6H,4,7H2,1H3. The third-order valence-electron chi connectivity index (χ3n) is 1.57. The van der Waals surface area contributed by atoms with Crippen molar-refractivity contribution in [2.45, 2.75) is 6.42 Å². The van der Waals surface area contributed by atoms with Gasteiger partial charge in [0.1, 0.15) is 4.32 Å². The first-order valence-corrected chi connectivity index (χ1v) is 5.50. The summed E-state index contributed by atoms with van der Waals surface area (Å²) in [6, 6.07) is 3.82. The van der Waals surface area contributed by atoms with E-state index in [1.165, 1.54) is 18.9 Å². The lowest BCUT2D eigenvalue weighted by Crippen LogP contribution is -2.06. The van der Waals surface area contributed by atoms with Crippen molar-refractivity contribution in [2.75, 3.05) is 12.9 Å². The minimum atomic E-state index is -0.201. The second kappa shape index (κ2) is 5.82. The van der Waals surface area contributed by atoms with Crippen LogP contribution in [0.1, 0.15) is 6.42 Å². The van der Waals surface area contributed by atoms with Gasteiger partial charge in [0, 0.05) is 18.1 Å². The number of hydrogen-bond donors (Lipinski definition) is 0. The number of thioether (sulfide) groups is 1. The maximum absolute atomic E-state index is 10.8. The maximum atomic E-state index is 10.8. The minimum Gasteiger partial charge on any atom is -0.469 e. The van der Waals surface area contributed by atoms with Crippen LogP contribution in [-0.4, -0.2) is 27.7 Å². The molecule has 0 aliphatic heterocycles. The highest BCUT2D eigenvalue weighted by molar-refractivity contribution is 8.23. The number of rotatable bonds is 3. The third-order valence-corrected chi connectivity index (χ3v) is 3.01. The molecule has 0 saturated carbocycles. The molecule has 5 heteroatoms. The Morgan fingerprint density at radius 2 is 2.14 bits per heavy atom. The summed E-state index contributed by atoms with van der Waals surface area (Å²) in [6.07, 6.45) is 4.16. The number of esters is 1. The van der Waals surface area contributed by atoms with Crippen molar-refractivity contribution in [1.82, 2.24) is 4.57 Å². The molecule has 0 saturated heterocycles. The van der Waals surface area contributed by atoms with E-state index in [-0.39, 0.29) is 5.97 Å². The number of carbonyl (C=O) groups is 1. The maximum Gasteiger partial charge on any atom is 0.306 e. The summed E-state index contributed by atoms with van der Waals surface area (Å²) in [5.41, 5.74) is 0. The van der Waals surface area contributed by atoms with Gasteiger partial charge in [-0.3, -0.25) is 4.79 Å². The molecule has 76 valence electrons. The van der Waals surface area contributed by atoms with Crippen molar-refractivity contribution in [3.8, 4) is 0 Å². The predicted octanol–water partition coefficient (Wildman–Crippen LogP) is 1.92. The molecule has 1 heterocycles. The first kappa shape index (κ1) is 11.3. The smallest absolute Gasteiger partial charge is 0.306 e. The van der Waals surface area contributed by atoms with Gasteiger partial charge in [-0.2, -0.15) is 0 Å². The van der Waals surface area contributed by atoms with Crippen LogP contribution in [0.2, 0.25) is 0 Å². The summed E-state index contributed by atoms with van der Waals surface area (Å²) < 4.78 is 7.11. The molecule has 3 nitrogen and oxygen atoms in total. The molecule has 14 heavy (non-hydrogen) atoms. The van der Waals surface area contributed by atoms with Crippen LogP contribution < -0.4 is 0 Å². The lowest BCUT2D eigenvalue weighted by molar-refractivity contribution is -0.140. The summed E-state index contributed by atoms with van der Waals surface area (Å²) >= 11 is 6.61. The van der Waals surface area contributed by atoms with Gasteiger partial charge in [0.2, 0.25) is 0 Å². The Balaban J connectivity index is 2.26. The molecule has 0 spiro atoms. The number of carbonyl (C=O) groups excluding carboxylic acids is 1. The molecule has 0 amide bonds. The highest BCUT2D eigenvalue weighted by atomic mass is 32.2. The number of hydrogen-bond acceptors (Lipinski definition) is 4. The normalized spacial score (nSPS) is 9.79. The second-order valence-electron chi connectivity index (χ2n) is 2.53. The number of thiocarbonyl (C=S) groups is 1. The Labute approximate surface area is 92.4 Å². The van der Waals surface area contributed by atoms with Crippen molar-refractivity contribution in [1.29, 1.82) is 0 Å². The van der Waals surface area contributed by atoms with Crippen LogP contribution in [0.3, 0.4) is 0 Å². The summed E-state index contributed by atoms with van der Waals surface area (Å²) in [4.78, 5) is 10.8. The highest BCUT2D eigenvalue weighted by Gasteiger charge is 2.03. The molecule has 1 aromatic heterocycles. The Hall–Kier alpha value is -0.810. The van der Waals surface area contributed by atoms with Gasteiger partial charge < -0.3 is 9.30 Å². The number of aromatic nitrogens is 1. The molecule has 0 aliphatic rings. The quantitative estimate of drug-likeness (QED) is 0.585. The largest absolute Gasteiger partial charge is 0.469 e. The molecule has 0 fully saturated rings. The number of nitrogens with zero attached hydrogens (tertiary/aromatic N) is 1. The van der Waals surface area contributed by atoms with E-state index in [0.717, 1.165) is 4.32 Å². The Morgan fingerprint density at radius 1 is 1.50 bits per heavy atom. The SMILES string of the molecule is COC(=O)CCSC(=S)n1cccc1. The van der Waals surface area contributed by atoms with E-state index in [2.05, 4.69) is 4.74 Å². The van der Waals surface area contributed by atoms with E-state index in [9.17, 15) is 4.79 Å². The summed E-state index contributed by atoms with van der Waals surface area (Å²) in [5.74, 6) is 0.455. The van der Waals surface area contributed by atoms with Crippen LogP contribution >= 0.6 is 24.0 Å². The second-order valence-corrected chi connectivity index (χ2v) is 4.26. The average molecular weight is 229 g/mol. The molecule has 0 unspecified atom stereocenters. The fourth-order valence-corrected chi connectivity index (χ4v) is 1.94. The Bertz CT molecular complexity index is 309. The van der Waals surface area contributed by atoms with Crippen molar-refractivity contribution in [2.24, 2.45) is 0 Å². The van der Waals surface area contributed by atoms with Crippen LogP contribution in [0.25, 0.3) is 0 Å². The third kappa shape index (κ3) is 3.51. The van der Waals surface area contributed by atoms with Crippen LogP contribution in [0, 0.1) is 0 Å². The van der Waals surface area contributed by atoms with Gasteiger partial charge in [0.05, 0.1) is 13.5 Å². The van der Waals surface area contributed by atoms with Crippen molar-refractivity contribution >= 4 is 34.3 Å². The van der Waals surface area contributed by atoms with Crippen molar-refractivity contribution < 1.29 is 9.53 Å². The van der Waals surface area contributed by atoms with Crippen LogP contribution in [0.5, 0.6) is 0 Å². The lowest BCUT2D eigenvalue weighted by Gasteiger charge is -2.03. The predicted molar refractivity (Wildman–Crippen MR) is 61.5 cm³/mol. The summed E-state index contributed by atoms with van der Waals surface area (Å²) in [6.45, 7) is 0. The number of ether oxygens (including phenoxy) is 1. The molecule has 0 N–H and O–H groups in total. The average Bonchev–Trinajstić information content (AvgIpc) is 2.70. The zero-order valence-electron chi connectivity index (χ0n) is 7.80. The molecular weight excluding hydrogens is 218 g/mol. The van der Waals surface area contributed by atoms with E-state index in [1.54, 1.807) is 0 Å². The Morgan fingerprint density at radius 3 is 2.71 bits per heavy atom. The van der Waals surface area contributed by atoms with E-state index in [1.807, 2.05) is 29.1 Å². The fourth-order valence-electron chi connectivity index (χ4n) is 0.855. The van der Waals surface area contributed by atoms with Crippen LogP contribution in [0.4, 0.5) is 0 Å². The van der Waals surface area contributed by atoms with Crippen LogP contribution in [0.15, 0.2) is 24.5 Å². The molecule has 1 rings (SSSR count). The molecule has 0 aromatic carbocycles. The Kier molecular flexibility index (Phi) is 4.69. The van der Waals surface area contributed by atoms with Crippen molar-refractivity contribution in [3.63, 3.8) is 0 Å². The number of methoxy groups -OCH3 is 1. The summed E-state index contributed by atoms with van der Waals surface area (Å²) in [7, 11) is 1.39. The molecule has 0 radical (unpaired) electrons. The van der Waals surface area contributed by atoms with Gasteiger partial charge in [-0.1, -0.05) is 24.0 Å². The molecule has 0 atom stereocenters. The van der Waals surface area contributed by atoms with E-state index in [4.69, 9.17) is 12.2 Å². The monoisotopic (exact) mass is 229 g/mol. The molecule has 1 aromatic rings. The first-order valence-electron chi connectivity index (χ1n) is 4.11. The first-order chi connectivity index (χ1) is 6.74. The molecule has 0 aliphatic carbocycles. The van der Waals surface area contributed by atoms with Crippen molar-refractivity contribution in [3.05, 3.63) is 24.5 Å². The minimum absolute atomic E-state index is 0.201. The molecule has 0 bridgehead atoms. The van der Waals surface area contributed by atoms with Gasteiger partial charge in [0.15, 0.2) is 0 Å². The van der Waals surface area contributed by atoms with E-state index < -0.39 is 0 Å². The van der Waals surface area contributed by atoms with Gasteiger partial charge in [-0.05, 0) is 12.1 Å². The molecular formula is C9H11NO2S2. The summed E-state index contributed by atoms with van der Waals surface area (Å²) in [5, 5.41) is 0. The zero-order valence-corrected chi connectivity index (χ0v) is 9.44. The highest BCUT2D eigenvalue weighted by Crippen LogP contribution is 2.09. The van der Waals surface area contributed by atoms with E-state index in [0.29, 0.717) is 12.2 Å². The lowest BCUT2D eigenvalue weighted by atomic mass is 10.5. The van der Waals surface area contributed by atoms with Gasteiger partial charge in [0.25, 0.3) is 0 Å².